The number of nitrogens with zero attached hydrogens (tertiary/aromatic N) is 2. The van der Waals surface area contributed by atoms with Gasteiger partial charge in [0.2, 0.25) is 0 Å². The number of anilines is 1. The highest BCUT2D eigenvalue weighted by molar-refractivity contribution is 5.89. The molecule has 1 N–H and O–H groups in total. The standard InChI is InChI=1S/C23H21N3O3/c1-28-20-5-3-4-19(13-20)26-15-25-21-12-18(10-11-22(21)26)24-14-16-6-8-17(9-7-16)23(27)29-2/h3-13,15,24H,14H2,1-2H3. The number of rotatable bonds is 6. The zero-order valence-electron chi connectivity index (χ0n) is 16.3. The average Bonchev–Trinajstić information content (AvgIpc) is 3.21. The molecule has 1 aromatic heterocycles. The third kappa shape index (κ3) is 3.91. The SMILES string of the molecule is COC(=O)c1ccc(CNc2ccc3c(c2)ncn3-c2cccc(OC)c2)cc1. The van der Waals surface area contributed by atoms with Crippen LogP contribution in [0.2, 0.25) is 0 Å². The van der Waals surface area contributed by atoms with Gasteiger partial charge in [-0.15, -0.1) is 0 Å². The van der Waals surface area contributed by atoms with Gasteiger partial charge in [-0.2, -0.15) is 0 Å². The van der Waals surface area contributed by atoms with Gasteiger partial charge < -0.3 is 14.8 Å². The van der Waals surface area contributed by atoms with Crippen LogP contribution in [0.3, 0.4) is 0 Å². The van der Waals surface area contributed by atoms with Crippen LogP contribution in [0.1, 0.15) is 15.9 Å². The van der Waals surface area contributed by atoms with E-state index in [-0.39, 0.29) is 5.97 Å². The van der Waals surface area contributed by atoms with Crippen molar-refractivity contribution < 1.29 is 14.3 Å². The molecule has 0 atom stereocenters. The van der Waals surface area contributed by atoms with Crippen LogP contribution in [-0.4, -0.2) is 29.7 Å². The number of esters is 1. The van der Waals surface area contributed by atoms with Gasteiger partial charge >= 0.3 is 5.97 Å². The maximum Gasteiger partial charge on any atom is 0.337 e. The first-order chi connectivity index (χ1) is 14.2. The minimum atomic E-state index is -0.332. The fourth-order valence-corrected chi connectivity index (χ4v) is 3.17. The van der Waals surface area contributed by atoms with E-state index in [2.05, 4.69) is 10.3 Å². The Morgan fingerprint density at radius 3 is 2.62 bits per heavy atom. The Kier molecular flexibility index (Phi) is 5.16. The number of imidazole rings is 1. The van der Waals surface area contributed by atoms with E-state index in [1.807, 2.05) is 65.5 Å². The van der Waals surface area contributed by atoms with Gasteiger partial charge in [0.25, 0.3) is 0 Å². The van der Waals surface area contributed by atoms with Gasteiger partial charge in [0.05, 0.1) is 36.5 Å². The Labute approximate surface area is 168 Å². The summed E-state index contributed by atoms with van der Waals surface area (Å²) in [5.74, 6) is 0.474. The summed E-state index contributed by atoms with van der Waals surface area (Å²) < 4.78 is 12.1. The molecule has 29 heavy (non-hydrogen) atoms. The van der Waals surface area contributed by atoms with E-state index in [0.717, 1.165) is 33.7 Å². The van der Waals surface area contributed by atoms with E-state index in [0.29, 0.717) is 12.1 Å². The summed E-state index contributed by atoms with van der Waals surface area (Å²) >= 11 is 0. The predicted octanol–water partition coefficient (Wildman–Crippen LogP) is 4.43. The number of methoxy groups -OCH3 is 2. The van der Waals surface area contributed by atoms with Crippen molar-refractivity contribution in [3.63, 3.8) is 0 Å². The molecule has 0 aliphatic rings. The molecule has 1 heterocycles. The molecule has 146 valence electrons. The first-order valence-electron chi connectivity index (χ1n) is 9.20. The van der Waals surface area contributed by atoms with Gasteiger partial charge in [0.15, 0.2) is 0 Å². The number of carbonyl (C=O) groups is 1. The van der Waals surface area contributed by atoms with Gasteiger partial charge in [-0.05, 0) is 48.0 Å². The Balaban J connectivity index is 1.50. The second-order valence-electron chi connectivity index (χ2n) is 6.56. The molecule has 0 saturated heterocycles. The molecule has 6 heteroatoms. The Hall–Kier alpha value is -3.80. The third-order valence-corrected chi connectivity index (χ3v) is 4.75. The second-order valence-corrected chi connectivity index (χ2v) is 6.56. The van der Waals surface area contributed by atoms with E-state index >= 15 is 0 Å². The molecule has 0 amide bonds. The van der Waals surface area contributed by atoms with Crippen LogP contribution in [0.15, 0.2) is 73.1 Å². The van der Waals surface area contributed by atoms with Crippen LogP contribution in [0, 0.1) is 0 Å². The summed E-state index contributed by atoms with van der Waals surface area (Å²) in [5, 5.41) is 3.40. The summed E-state index contributed by atoms with van der Waals surface area (Å²) in [7, 11) is 3.04. The number of hydrogen-bond acceptors (Lipinski definition) is 5. The van der Waals surface area contributed by atoms with Crippen LogP contribution in [-0.2, 0) is 11.3 Å². The van der Waals surface area contributed by atoms with Crippen molar-refractivity contribution in [1.82, 2.24) is 9.55 Å². The molecule has 0 saturated carbocycles. The van der Waals surface area contributed by atoms with E-state index < -0.39 is 0 Å². The number of benzene rings is 3. The molecule has 0 spiro atoms. The van der Waals surface area contributed by atoms with E-state index in [1.54, 1.807) is 19.2 Å². The Morgan fingerprint density at radius 2 is 1.86 bits per heavy atom. The number of fused-ring (bicyclic) bond motifs is 1. The largest absolute Gasteiger partial charge is 0.497 e. The lowest BCUT2D eigenvalue weighted by Crippen LogP contribution is -2.03. The quantitative estimate of drug-likeness (QED) is 0.496. The van der Waals surface area contributed by atoms with E-state index in [9.17, 15) is 4.79 Å². The van der Waals surface area contributed by atoms with Crippen molar-refractivity contribution in [2.75, 3.05) is 19.5 Å². The monoisotopic (exact) mass is 387 g/mol. The predicted molar refractivity (Wildman–Crippen MR) is 113 cm³/mol. The summed E-state index contributed by atoms with van der Waals surface area (Å²) in [5.41, 5.74) is 5.51. The number of aromatic nitrogens is 2. The molecule has 0 radical (unpaired) electrons. The first kappa shape index (κ1) is 18.6. The molecule has 0 bridgehead atoms. The highest BCUT2D eigenvalue weighted by Crippen LogP contribution is 2.24. The zero-order chi connectivity index (χ0) is 20.2. The molecule has 0 unspecified atom stereocenters. The number of ether oxygens (including phenoxy) is 2. The molecule has 4 rings (SSSR count). The number of carbonyl (C=O) groups excluding carboxylic acids is 1. The van der Waals surface area contributed by atoms with Crippen molar-refractivity contribution >= 4 is 22.7 Å². The van der Waals surface area contributed by atoms with Gasteiger partial charge in [-0.3, -0.25) is 4.57 Å². The Bertz CT molecular complexity index is 1150. The third-order valence-electron chi connectivity index (χ3n) is 4.75. The molecule has 3 aromatic carbocycles. The Morgan fingerprint density at radius 1 is 1.03 bits per heavy atom. The minimum absolute atomic E-state index is 0.332. The fourth-order valence-electron chi connectivity index (χ4n) is 3.17. The summed E-state index contributed by atoms with van der Waals surface area (Å²) in [6.45, 7) is 0.642. The maximum atomic E-state index is 11.5. The highest BCUT2D eigenvalue weighted by atomic mass is 16.5. The normalized spacial score (nSPS) is 10.7. The van der Waals surface area contributed by atoms with Gasteiger partial charge in [0.1, 0.15) is 12.1 Å². The lowest BCUT2D eigenvalue weighted by Gasteiger charge is -2.09. The van der Waals surface area contributed by atoms with Crippen LogP contribution in [0.5, 0.6) is 5.75 Å². The zero-order valence-corrected chi connectivity index (χ0v) is 16.3. The lowest BCUT2D eigenvalue weighted by atomic mass is 10.1. The van der Waals surface area contributed by atoms with Gasteiger partial charge in [0, 0.05) is 18.3 Å². The summed E-state index contributed by atoms with van der Waals surface area (Å²) in [6, 6.07) is 21.3. The smallest absolute Gasteiger partial charge is 0.337 e. The lowest BCUT2D eigenvalue weighted by molar-refractivity contribution is 0.0600. The topological polar surface area (TPSA) is 65.4 Å². The molecular weight excluding hydrogens is 366 g/mol. The van der Waals surface area contributed by atoms with Crippen LogP contribution in [0.25, 0.3) is 16.7 Å². The van der Waals surface area contributed by atoms with Crippen molar-refractivity contribution in [3.8, 4) is 11.4 Å². The average molecular weight is 387 g/mol. The van der Waals surface area contributed by atoms with Gasteiger partial charge in [-0.25, -0.2) is 9.78 Å². The summed E-state index contributed by atoms with van der Waals surface area (Å²) in [4.78, 5) is 16.1. The van der Waals surface area contributed by atoms with Crippen molar-refractivity contribution in [2.45, 2.75) is 6.54 Å². The fraction of sp³-hybridized carbons (Fsp3) is 0.130. The molecule has 6 nitrogen and oxygen atoms in total. The van der Waals surface area contributed by atoms with Crippen LogP contribution in [0.4, 0.5) is 5.69 Å². The van der Waals surface area contributed by atoms with E-state index in [1.165, 1.54) is 7.11 Å². The first-order valence-corrected chi connectivity index (χ1v) is 9.20. The number of hydrogen-bond donors (Lipinski definition) is 1. The van der Waals surface area contributed by atoms with Crippen LogP contribution < -0.4 is 10.1 Å². The van der Waals surface area contributed by atoms with Crippen LogP contribution >= 0.6 is 0 Å². The van der Waals surface area contributed by atoms with Gasteiger partial charge in [-0.1, -0.05) is 18.2 Å². The molecule has 0 aliphatic heterocycles. The molecule has 0 fully saturated rings. The van der Waals surface area contributed by atoms with E-state index in [4.69, 9.17) is 9.47 Å². The second kappa shape index (κ2) is 8.06. The molecular formula is C23H21N3O3. The number of nitrogens with one attached hydrogen (secondary N) is 1. The highest BCUT2D eigenvalue weighted by Gasteiger charge is 2.07. The van der Waals surface area contributed by atoms with Crippen molar-refractivity contribution in [1.29, 1.82) is 0 Å². The maximum absolute atomic E-state index is 11.5. The summed E-state index contributed by atoms with van der Waals surface area (Å²) in [6.07, 6.45) is 1.81. The minimum Gasteiger partial charge on any atom is -0.497 e. The molecule has 4 aromatic rings. The molecule has 0 aliphatic carbocycles. The van der Waals surface area contributed by atoms with Crippen molar-refractivity contribution in [3.05, 3.63) is 84.2 Å². The van der Waals surface area contributed by atoms with Crippen molar-refractivity contribution in [2.24, 2.45) is 0 Å².